The highest BCUT2D eigenvalue weighted by molar-refractivity contribution is 7.99. The molecule has 3 rings (SSSR count). The molecule has 0 fully saturated rings. The van der Waals surface area contributed by atoms with Crippen LogP contribution in [-0.4, -0.2) is 21.2 Å². The van der Waals surface area contributed by atoms with Crippen molar-refractivity contribution >= 4 is 23.4 Å². The molecule has 0 saturated heterocycles. The molecule has 0 spiro atoms. The molecule has 144 valence electrons. The Bertz CT molecular complexity index is 925. The Morgan fingerprint density at radius 2 is 2.07 bits per heavy atom. The van der Waals surface area contributed by atoms with Crippen molar-refractivity contribution in [3.63, 3.8) is 0 Å². The zero-order chi connectivity index (χ0) is 19.8. The SMILES string of the molecule is CC(C)c1cc(=O)n2c(n1)SC[C@@H]2CC(=O)Nc1ccccc1C(F)(F)F. The molecule has 1 amide bonds. The van der Waals surface area contributed by atoms with E-state index >= 15 is 0 Å². The number of nitrogens with one attached hydrogen (secondary N) is 1. The molecule has 9 heteroatoms. The summed E-state index contributed by atoms with van der Waals surface area (Å²) in [6.07, 6.45) is -4.66. The first kappa shape index (κ1) is 19.5. The molecule has 0 unspecified atom stereocenters. The minimum Gasteiger partial charge on any atom is -0.325 e. The van der Waals surface area contributed by atoms with E-state index in [1.165, 1.54) is 40.6 Å². The van der Waals surface area contributed by atoms with E-state index in [0.29, 0.717) is 16.6 Å². The van der Waals surface area contributed by atoms with Crippen LogP contribution in [0.4, 0.5) is 18.9 Å². The summed E-state index contributed by atoms with van der Waals surface area (Å²) >= 11 is 1.37. The smallest absolute Gasteiger partial charge is 0.325 e. The molecule has 5 nitrogen and oxygen atoms in total. The number of benzene rings is 1. The van der Waals surface area contributed by atoms with Gasteiger partial charge < -0.3 is 5.32 Å². The van der Waals surface area contributed by atoms with Gasteiger partial charge in [0.25, 0.3) is 5.56 Å². The Morgan fingerprint density at radius 3 is 2.74 bits per heavy atom. The summed E-state index contributed by atoms with van der Waals surface area (Å²) in [4.78, 5) is 29.2. The van der Waals surface area contributed by atoms with E-state index in [1.54, 1.807) is 0 Å². The quantitative estimate of drug-likeness (QED) is 0.791. The summed E-state index contributed by atoms with van der Waals surface area (Å²) in [7, 11) is 0. The van der Waals surface area contributed by atoms with Gasteiger partial charge in [-0.25, -0.2) is 4.98 Å². The predicted molar refractivity (Wildman–Crippen MR) is 97.0 cm³/mol. The number of para-hydroxylation sites is 1. The Labute approximate surface area is 158 Å². The van der Waals surface area contributed by atoms with Crippen molar-refractivity contribution in [2.75, 3.05) is 11.1 Å². The number of fused-ring (bicyclic) bond motifs is 1. The molecule has 2 heterocycles. The van der Waals surface area contributed by atoms with E-state index in [4.69, 9.17) is 0 Å². The molecule has 27 heavy (non-hydrogen) atoms. The monoisotopic (exact) mass is 397 g/mol. The molecule has 1 aliphatic heterocycles. The number of nitrogens with zero attached hydrogens (tertiary/aromatic N) is 2. The first-order valence-electron chi connectivity index (χ1n) is 8.39. The van der Waals surface area contributed by atoms with Gasteiger partial charge in [-0.15, -0.1) is 0 Å². The number of carbonyl (C=O) groups is 1. The van der Waals surface area contributed by atoms with Crippen LogP contribution in [0.15, 0.2) is 40.3 Å². The van der Waals surface area contributed by atoms with Crippen LogP contribution in [0.25, 0.3) is 0 Å². The van der Waals surface area contributed by atoms with E-state index < -0.39 is 23.7 Å². The van der Waals surface area contributed by atoms with Gasteiger partial charge in [0.05, 0.1) is 23.0 Å². The van der Waals surface area contributed by atoms with Gasteiger partial charge >= 0.3 is 6.18 Å². The first-order chi connectivity index (χ1) is 12.7. The standard InChI is InChI=1S/C18H18F3N3O2S/c1-10(2)14-8-16(26)24-11(9-27-17(24)23-14)7-15(25)22-13-6-4-3-5-12(13)18(19,20)21/h3-6,8,10-11H,7,9H2,1-2H3,(H,22,25)/t11-/m0/s1. The van der Waals surface area contributed by atoms with Crippen LogP contribution in [0.1, 0.15) is 43.5 Å². The number of halogens is 3. The lowest BCUT2D eigenvalue weighted by molar-refractivity contribution is -0.137. The van der Waals surface area contributed by atoms with Gasteiger partial charge in [-0.05, 0) is 18.1 Å². The van der Waals surface area contributed by atoms with Crippen molar-refractivity contribution in [2.45, 2.75) is 43.6 Å². The molecule has 1 aliphatic rings. The van der Waals surface area contributed by atoms with E-state index in [-0.39, 0.29) is 23.6 Å². The van der Waals surface area contributed by atoms with Gasteiger partial charge in [-0.3, -0.25) is 14.2 Å². The van der Waals surface area contributed by atoms with Crippen molar-refractivity contribution in [1.29, 1.82) is 0 Å². The molecule has 2 aromatic rings. The lowest BCUT2D eigenvalue weighted by atomic mass is 10.1. The maximum atomic E-state index is 13.0. The van der Waals surface area contributed by atoms with Crippen LogP contribution in [0.3, 0.4) is 0 Å². The fourth-order valence-electron chi connectivity index (χ4n) is 2.87. The molecular weight excluding hydrogens is 379 g/mol. The lowest BCUT2D eigenvalue weighted by Crippen LogP contribution is -2.28. The Kier molecular flexibility index (Phi) is 5.32. The zero-order valence-corrected chi connectivity index (χ0v) is 15.5. The second kappa shape index (κ2) is 7.38. The number of anilines is 1. The van der Waals surface area contributed by atoms with E-state index in [1.807, 2.05) is 13.8 Å². The van der Waals surface area contributed by atoms with Crippen molar-refractivity contribution in [3.8, 4) is 0 Å². The summed E-state index contributed by atoms with van der Waals surface area (Å²) in [5.41, 5.74) is -0.758. The largest absolute Gasteiger partial charge is 0.418 e. The summed E-state index contributed by atoms with van der Waals surface area (Å²) in [5, 5.41) is 2.86. The lowest BCUT2D eigenvalue weighted by Gasteiger charge is -2.16. The van der Waals surface area contributed by atoms with Crippen LogP contribution in [-0.2, 0) is 11.0 Å². The van der Waals surface area contributed by atoms with Crippen molar-refractivity contribution < 1.29 is 18.0 Å². The van der Waals surface area contributed by atoms with Crippen LogP contribution in [0.5, 0.6) is 0 Å². The number of rotatable bonds is 4. The highest BCUT2D eigenvalue weighted by Gasteiger charge is 2.34. The van der Waals surface area contributed by atoms with Gasteiger partial charge in [0, 0.05) is 18.2 Å². The van der Waals surface area contributed by atoms with Crippen molar-refractivity contribution in [2.24, 2.45) is 0 Å². The molecule has 1 N–H and O–H groups in total. The molecule has 0 bridgehead atoms. The van der Waals surface area contributed by atoms with Crippen LogP contribution < -0.4 is 10.9 Å². The van der Waals surface area contributed by atoms with Crippen LogP contribution >= 0.6 is 11.8 Å². The number of amides is 1. The number of alkyl halides is 3. The van der Waals surface area contributed by atoms with Gasteiger partial charge in [0.2, 0.25) is 5.91 Å². The number of hydrogen-bond donors (Lipinski definition) is 1. The minimum atomic E-state index is -4.56. The zero-order valence-electron chi connectivity index (χ0n) is 14.7. The fourth-order valence-corrected chi connectivity index (χ4v) is 4.03. The average molecular weight is 397 g/mol. The number of thioether (sulfide) groups is 1. The molecule has 0 radical (unpaired) electrons. The summed E-state index contributed by atoms with van der Waals surface area (Å²) in [6, 6.07) is 5.82. The molecule has 1 aromatic carbocycles. The van der Waals surface area contributed by atoms with Crippen molar-refractivity contribution in [3.05, 3.63) is 51.9 Å². The topological polar surface area (TPSA) is 64.0 Å². The Balaban J connectivity index is 1.78. The first-order valence-corrected chi connectivity index (χ1v) is 9.37. The highest BCUT2D eigenvalue weighted by atomic mass is 32.2. The Morgan fingerprint density at radius 1 is 1.37 bits per heavy atom. The number of aromatic nitrogens is 2. The van der Waals surface area contributed by atoms with Crippen LogP contribution in [0, 0.1) is 0 Å². The van der Waals surface area contributed by atoms with Gasteiger partial charge in [0.15, 0.2) is 5.16 Å². The second-order valence-corrected chi connectivity index (χ2v) is 7.57. The second-order valence-electron chi connectivity index (χ2n) is 6.59. The third-order valence-corrected chi connectivity index (χ3v) is 5.33. The van der Waals surface area contributed by atoms with Crippen LogP contribution in [0.2, 0.25) is 0 Å². The number of hydrogen-bond acceptors (Lipinski definition) is 4. The molecule has 0 aliphatic carbocycles. The predicted octanol–water partition coefficient (Wildman–Crippen LogP) is 4.06. The van der Waals surface area contributed by atoms with Gasteiger partial charge in [0.1, 0.15) is 0 Å². The fraction of sp³-hybridized carbons (Fsp3) is 0.389. The highest BCUT2D eigenvalue weighted by Crippen LogP contribution is 2.36. The minimum absolute atomic E-state index is 0.102. The summed E-state index contributed by atoms with van der Waals surface area (Å²) < 4.78 is 40.6. The Hall–Kier alpha value is -2.29. The van der Waals surface area contributed by atoms with E-state index in [0.717, 1.165) is 6.07 Å². The molecule has 0 saturated carbocycles. The molecular formula is C18H18F3N3O2S. The van der Waals surface area contributed by atoms with E-state index in [2.05, 4.69) is 10.3 Å². The average Bonchev–Trinajstić information content (AvgIpc) is 2.97. The summed E-state index contributed by atoms with van der Waals surface area (Å²) in [6.45, 7) is 3.86. The third kappa shape index (κ3) is 4.18. The van der Waals surface area contributed by atoms with Gasteiger partial charge in [-0.1, -0.05) is 37.7 Å². The maximum Gasteiger partial charge on any atom is 0.418 e. The van der Waals surface area contributed by atoms with Crippen molar-refractivity contribution in [1.82, 2.24) is 9.55 Å². The van der Waals surface area contributed by atoms with Gasteiger partial charge in [-0.2, -0.15) is 13.2 Å². The number of carbonyl (C=O) groups excluding carboxylic acids is 1. The summed E-state index contributed by atoms with van der Waals surface area (Å²) in [5.74, 6) is -0.00611. The normalized spacial score (nSPS) is 16.4. The van der Waals surface area contributed by atoms with E-state index in [9.17, 15) is 22.8 Å². The third-order valence-electron chi connectivity index (χ3n) is 4.23. The maximum absolute atomic E-state index is 13.0. The molecule has 1 aromatic heterocycles. The molecule has 1 atom stereocenters.